The molecule has 0 bridgehead atoms. The van der Waals surface area contributed by atoms with Crippen LogP contribution in [0.1, 0.15) is 16.7 Å². The van der Waals surface area contributed by atoms with Gasteiger partial charge in [0.05, 0.1) is 17.5 Å². The standard InChI is InChI=1S/C10H4F9/c11-8(12,13)4-5-1-6(9(14,15)16)3-7(2-5)10(17,18)19/h1-4H. The zero-order valence-corrected chi connectivity index (χ0v) is 8.71. The molecule has 0 N–H and O–H groups in total. The zero-order chi connectivity index (χ0) is 15.1. The third kappa shape index (κ3) is 4.64. The Kier molecular flexibility index (Phi) is 3.79. The normalized spacial score (nSPS) is 13.7. The second-order valence-corrected chi connectivity index (χ2v) is 3.53. The van der Waals surface area contributed by atoms with Gasteiger partial charge in [0.2, 0.25) is 0 Å². The van der Waals surface area contributed by atoms with Crippen molar-refractivity contribution in [2.75, 3.05) is 0 Å². The van der Waals surface area contributed by atoms with Crippen LogP contribution >= 0.6 is 0 Å². The van der Waals surface area contributed by atoms with Crippen LogP contribution in [0.15, 0.2) is 18.2 Å². The van der Waals surface area contributed by atoms with Crippen LogP contribution in [0.3, 0.4) is 0 Å². The maximum Gasteiger partial charge on any atom is 0.416 e. The van der Waals surface area contributed by atoms with Crippen LogP contribution in [0.5, 0.6) is 0 Å². The average Bonchev–Trinajstić information content (AvgIpc) is 2.11. The highest BCUT2D eigenvalue weighted by Crippen LogP contribution is 2.37. The molecule has 107 valence electrons. The summed E-state index contributed by atoms with van der Waals surface area (Å²) in [5.41, 5.74) is -4.80. The highest BCUT2D eigenvalue weighted by molar-refractivity contribution is 5.37. The van der Waals surface area contributed by atoms with E-state index in [9.17, 15) is 39.5 Å². The Bertz CT molecular complexity index is 417. The minimum absolute atomic E-state index is 0.00271. The molecule has 0 spiro atoms. The molecule has 1 rings (SSSR count). The van der Waals surface area contributed by atoms with E-state index in [2.05, 4.69) is 0 Å². The zero-order valence-electron chi connectivity index (χ0n) is 8.71. The van der Waals surface area contributed by atoms with Crippen LogP contribution in [-0.2, 0) is 12.4 Å². The Hall–Kier alpha value is -1.41. The van der Waals surface area contributed by atoms with Gasteiger partial charge >= 0.3 is 18.5 Å². The molecule has 0 amide bonds. The molecule has 0 atom stereocenters. The molecule has 1 aromatic carbocycles. The van der Waals surface area contributed by atoms with E-state index in [0.29, 0.717) is 0 Å². The highest BCUT2D eigenvalue weighted by Gasteiger charge is 2.38. The molecule has 9 heteroatoms. The van der Waals surface area contributed by atoms with Crippen molar-refractivity contribution >= 4 is 0 Å². The van der Waals surface area contributed by atoms with Crippen LogP contribution < -0.4 is 0 Å². The summed E-state index contributed by atoms with van der Waals surface area (Å²) in [6, 6.07) is -0.237. The van der Waals surface area contributed by atoms with Crippen LogP contribution in [0.25, 0.3) is 0 Å². The number of halogens is 9. The lowest BCUT2D eigenvalue weighted by molar-refractivity contribution is -0.143. The Morgan fingerprint density at radius 3 is 1.26 bits per heavy atom. The summed E-state index contributed by atoms with van der Waals surface area (Å²) in [5, 5.41) is 0. The van der Waals surface area contributed by atoms with Gasteiger partial charge in [0.25, 0.3) is 0 Å². The topological polar surface area (TPSA) is 0 Å². The fourth-order valence-corrected chi connectivity index (χ4v) is 1.25. The molecule has 1 radical (unpaired) electrons. The SMILES string of the molecule is FC(F)(F)[CH]c1cc(C(F)(F)F)cc(C(F)(F)F)c1. The van der Waals surface area contributed by atoms with Gasteiger partial charge < -0.3 is 0 Å². The molecule has 0 aliphatic heterocycles. The first-order valence-electron chi connectivity index (χ1n) is 4.51. The molecule has 0 fully saturated rings. The average molecular weight is 295 g/mol. The van der Waals surface area contributed by atoms with Gasteiger partial charge in [-0.1, -0.05) is 0 Å². The van der Waals surface area contributed by atoms with Crippen LogP contribution in [-0.4, -0.2) is 6.18 Å². The van der Waals surface area contributed by atoms with Crippen molar-refractivity contribution in [1.82, 2.24) is 0 Å². The second-order valence-electron chi connectivity index (χ2n) is 3.53. The molecule has 0 saturated carbocycles. The molecular formula is C10H4F9. The quantitative estimate of drug-likeness (QED) is 0.650. The van der Waals surface area contributed by atoms with Crippen molar-refractivity contribution < 1.29 is 39.5 Å². The fourth-order valence-electron chi connectivity index (χ4n) is 1.25. The maximum atomic E-state index is 12.3. The van der Waals surface area contributed by atoms with E-state index < -0.39 is 41.6 Å². The van der Waals surface area contributed by atoms with Gasteiger partial charge in [-0.15, -0.1) is 0 Å². The Morgan fingerprint density at radius 2 is 1.00 bits per heavy atom. The molecule has 0 heterocycles. The van der Waals surface area contributed by atoms with Crippen molar-refractivity contribution in [2.24, 2.45) is 0 Å². The van der Waals surface area contributed by atoms with Gasteiger partial charge in [-0.2, -0.15) is 39.5 Å². The smallest absolute Gasteiger partial charge is 0.170 e. The van der Waals surface area contributed by atoms with Crippen LogP contribution in [0, 0.1) is 6.42 Å². The minimum atomic E-state index is -5.17. The lowest BCUT2D eigenvalue weighted by Gasteiger charge is -2.14. The molecule has 1 aromatic rings. The summed E-state index contributed by atoms with van der Waals surface area (Å²) >= 11 is 0. The third-order valence-electron chi connectivity index (χ3n) is 1.94. The summed E-state index contributed by atoms with van der Waals surface area (Å²) in [6.07, 6.45) is -16.0. The van der Waals surface area contributed by atoms with Crippen molar-refractivity contribution in [3.63, 3.8) is 0 Å². The predicted octanol–water partition coefficient (Wildman–Crippen LogP) is 4.84. The van der Waals surface area contributed by atoms with Gasteiger partial charge in [-0.05, 0) is 23.8 Å². The second kappa shape index (κ2) is 4.61. The Labute approximate surface area is 100 Å². The number of rotatable bonds is 1. The number of hydrogen-bond donors (Lipinski definition) is 0. The molecule has 0 aromatic heterocycles. The van der Waals surface area contributed by atoms with E-state index in [1.165, 1.54) is 0 Å². The molecule has 0 aliphatic carbocycles. The van der Waals surface area contributed by atoms with E-state index in [1.807, 2.05) is 0 Å². The molecule has 0 saturated heterocycles. The summed E-state index contributed by atoms with van der Waals surface area (Å²) in [5.74, 6) is 0. The van der Waals surface area contributed by atoms with Crippen molar-refractivity contribution in [1.29, 1.82) is 0 Å². The number of benzene rings is 1. The van der Waals surface area contributed by atoms with Gasteiger partial charge in [0.1, 0.15) is 0 Å². The lowest BCUT2D eigenvalue weighted by atomic mass is 10.0. The maximum absolute atomic E-state index is 12.3. The number of alkyl halides is 9. The first kappa shape index (κ1) is 15.6. The monoisotopic (exact) mass is 295 g/mol. The third-order valence-corrected chi connectivity index (χ3v) is 1.94. The minimum Gasteiger partial charge on any atom is -0.170 e. The predicted molar refractivity (Wildman–Crippen MR) is 45.9 cm³/mol. The fraction of sp³-hybridized carbons (Fsp3) is 0.300. The summed E-state index contributed by atoms with van der Waals surface area (Å²) in [6.45, 7) is 0. The van der Waals surface area contributed by atoms with Gasteiger partial charge in [0, 0.05) is 0 Å². The van der Waals surface area contributed by atoms with Crippen LogP contribution in [0.4, 0.5) is 39.5 Å². The largest absolute Gasteiger partial charge is 0.416 e. The molecular weight excluding hydrogens is 291 g/mol. The van der Waals surface area contributed by atoms with E-state index in [-0.39, 0.29) is 18.2 Å². The molecule has 0 unspecified atom stereocenters. The first-order chi connectivity index (χ1) is 8.29. The summed E-state index contributed by atoms with van der Waals surface area (Å²) < 4.78 is 110. The lowest BCUT2D eigenvalue weighted by Crippen LogP contribution is -2.14. The summed E-state index contributed by atoms with van der Waals surface area (Å²) in [7, 11) is 0. The summed E-state index contributed by atoms with van der Waals surface area (Å²) in [4.78, 5) is 0. The highest BCUT2D eigenvalue weighted by atomic mass is 19.4. The molecule has 0 aliphatic rings. The molecule has 0 nitrogen and oxygen atoms in total. The van der Waals surface area contributed by atoms with E-state index in [1.54, 1.807) is 0 Å². The van der Waals surface area contributed by atoms with Gasteiger partial charge in [-0.3, -0.25) is 0 Å². The van der Waals surface area contributed by atoms with Crippen molar-refractivity contribution in [2.45, 2.75) is 18.5 Å². The van der Waals surface area contributed by atoms with Crippen molar-refractivity contribution in [3.05, 3.63) is 41.3 Å². The van der Waals surface area contributed by atoms with Gasteiger partial charge in [0.15, 0.2) is 0 Å². The van der Waals surface area contributed by atoms with Crippen LogP contribution in [0.2, 0.25) is 0 Å². The Balaban J connectivity index is 3.33. The van der Waals surface area contributed by atoms with Gasteiger partial charge in [-0.25, -0.2) is 0 Å². The van der Waals surface area contributed by atoms with E-state index in [0.717, 1.165) is 0 Å². The Morgan fingerprint density at radius 1 is 0.632 bits per heavy atom. The van der Waals surface area contributed by atoms with E-state index >= 15 is 0 Å². The molecule has 19 heavy (non-hydrogen) atoms. The first-order valence-corrected chi connectivity index (χ1v) is 4.51. The van der Waals surface area contributed by atoms with E-state index in [4.69, 9.17) is 0 Å². The number of hydrogen-bond acceptors (Lipinski definition) is 0. The van der Waals surface area contributed by atoms with Crippen molar-refractivity contribution in [3.8, 4) is 0 Å².